The van der Waals surface area contributed by atoms with Gasteiger partial charge in [0.2, 0.25) is 0 Å². The van der Waals surface area contributed by atoms with Crippen molar-refractivity contribution < 1.29 is 4.39 Å². The standard InChI is InChI=1S/C12H11FN4/c1-7-11-12(15-8(2)14-11)17(16-7)10-5-3-9(13)4-6-10/h3-6H,1-2H3,(H,14,15). The van der Waals surface area contributed by atoms with Gasteiger partial charge in [0.25, 0.3) is 0 Å². The summed E-state index contributed by atoms with van der Waals surface area (Å²) in [5, 5.41) is 4.39. The number of rotatable bonds is 1. The highest BCUT2D eigenvalue weighted by molar-refractivity contribution is 5.76. The van der Waals surface area contributed by atoms with Crippen LogP contribution in [0.3, 0.4) is 0 Å². The first-order valence-corrected chi connectivity index (χ1v) is 5.33. The largest absolute Gasteiger partial charge is 0.339 e. The van der Waals surface area contributed by atoms with E-state index in [4.69, 9.17) is 0 Å². The molecular weight excluding hydrogens is 219 g/mol. The monoisotopic (exact) mass is 230 g/mol. The third-order valence-electron chi connectivity index (χ3n) is 2.69. The molecule has 2 heterocycles. The van der Waals surface area contributed by atoms with Crippen molar-refractivity contribution in [3.8, 4) is 5.69 Å². The van der Waals surface area contributed by atoms with Gasteiger partial charge in [0.1, 0.15) is 17.2 Å². The highest BCUT2D eigenvalue weighted by Crippen LogP contribution is 2.19. The Morgan fingerprint density at radius 1 is 1.18 bits per heavy atom. The lowest BCUT2D eigenvalue weighted by Crippen LogP contribution is -1.97. The molecule has 5 heteroatoms. The molecule has 17 heavy (non-hydrogen) atoms. The summed E-state index contributed by atoms with van der Waals surface area (Å²) in [6.45, 7) is 3.81. The van der Waals surface area contributed by atoms with E-state index in [1.807, 2.05) is 13.8 Å². The van der Waals surface area contributed by atoms with Gasteiger partial charge in [0, 0.05) is 0 Å². The number of halogens is 1. The van der Waals surface area contributed by atoms with Gasteiger partial charge in [-0.25, -0.2) is 14.1 Å². The molecule has 0 fully saturated rings. The summed E-state index contributed by atoms with van der Waals surface area (Å²) in [7, 11) is 0. The molecule has 1 aromatic carbocycles. The Morgan fingerprint density at radius 2 is 1.88 bits per heavy atom. The number of fused-ring (bicyclic) bond motifs is 1. The molecule has 0 aliphatic rings. The lowest BCUT2D eigenvalue weighted by Gasteiger charge is -2.00. The van der Waals surface area contributed by atoms with Gasteiger partial charge in [0.15, 0.2) is 5.65 Å². The van der Waals surface area contributed by atoms with E-state index >= 15 is 0 Å². The summed E-state index contributed by atoms with van der Waals surface area (Å²) in [5.74, 6) is 0.587. The summed E-state index contributed by atoms with van der Waals surface area (Å²) >= 11 is 0. The van der Waals surface area contributed by atoms with E-state index in [2.05, 4.69) is 15.1 Å². The summed E-state index contributed by atoms with van der Waals surface area (Å²) in [6, 6.07) is 6.20. The van der Waals surface area contributed by atoms with Crippen molar-refractivity contribution in [2.75, 3.05) is 0 Å². The Balaban J connectivity index is 2.26. The minimum atomic E-state index is -0.257. The average molecular weight is 230 g/mol. The van der Waals surface area contributed by atoms with Crippen molar-refractivity contribution in [1.29, 1.82) is 0 Å². The number of benzene rings is 1. The molecule has 4 nitrogen and oxygen atoms in total. The van der Waals surface area contributed by atoms with Gasteiger partial charge < -0.3 is 4.98 Å². The van der Waals surface area contributed by atoms with E-state index in [0.717, 1.165) is 28.4 Å². The van der Waals surface area contributed by atoms with E-state index in [1.54, 1.807) is 16.8 Å². The molecule has 2 aromatic heterocycles. The second kappa shape index (κ2) is 3.41. The topological polar surface area (TPSA) is 46.5 Å². The molecule has 3 aromatic rings. The molecule has 1 N–H and O–H groups in total. The first-order chi connectivity index (χ1) is 8.15. The first kappa shape index (κ1) is 10.0. The fraction of sp³-hybridized carbons (Fsp3) is 0.167. The molecule has 0 radical (unpaired) electrons. The maximum atomic E-state index is 12.9. The molecule has 0 aliphatic heterocycles. The zero-order valence-electron chi connectivity index (χ0n) is 9.53. The van der Waals surface area contributed by atoms with Crippen LogP contribution < -0.4 is 0 Å². The van der Waals surface area contributed by atoms with E-state index in [1.165, 1.54) is 12.1 Å². The number of H-pyrrole nitrogens is 1. The van der Waals surface area contributed by atoms with Crippen LogP contribution >= 0.6 is 0 Å². The summed E-state index contributed by atoms with van der Waals surface area (Å²) < 4.78 is 14.6. The lowest BCUT2D eigenvalue weighted by atomic mass is 10.3. The zero-order chi connectivity index (χ0) is 12.0. The third kappa shape index (κ3) is 1.51. The molecule has 0 atom stereocenters. The fourth-order valence-corrected chi connectivity index (χ4v) is 1.89. The van der Waals surface area contributed by atoms with Crippen LogP contribution in [0.5, 0.6) is 0 Å². The number of nitrogens with one attached hydrogen (secondary N) is 1. The third-order valence-corrected chi connectivity index (χ3v) is 2.69. The van der Waals surface area contributed by atoms with E-state index in [-0.39, 0.29) is 5.82 Å². The number of aromatic nitrogens is 4. The predicted molar refractivity (Wildman–Crippen MR) is 62.6 cm³/mol. The van der Waals surface area contributed by atoms with Crippen molar-refractivity contribution in [1.82, 2.24) is 19.7 Å². The molecule has 0 spiro atoms. The summed E-state index contributed by atoms with van der Waals surface area (Å²) in [4.78, 5) is 7.54. The number of aromatic amines is 1. The van der Waals surface area contributed by atoms with Crippen LogP contribution in [0.15, 0.2) is 24.3 Å². The van der Waals surface area contributed by atoms with Gasteiger partial charge in [-0.1, -0.05) is 0 Å². The van der Waals surface area contributed by atoms with Gasteiger partial charge in [-0.05, 0) is 38.1 Å². The lowest BCUT2D eigenvalue weighted by molar-refractivity contribution is 0.627. The molecule has 0 saturated heterocycles. The molecule has 0 unspecified atom stereocenters. The highest BCUT2D eigenvalue weighted by Gasteiger charge is 2.12. The minimum Gasteiger partial charge on any atom is -0.339 e. The SMILES string of the molecule is Cc1nc2c([nH]1)c(C)nn2-c1ccc(F)cc1. The van der Waals surface area contributed by atoms with Crippen LogP contribution in [0.1, 0.15) is 11.5 Å². The molecular formula is C12H11FN4. The molecule has 0 saturated carbocycles. The molecule has 86 valence electrons. The number of imidazole rings is 1. The van der Waals surface area contributed by atoms with Crippen molar-refractivity contribution in [3.05, 3.63) is 41.6 Å². The zero-order valence-corrected chi connectivity index (χ0v) is 9.53. The molecule has 0 aliphatic carbocycles. The summed E-state index contributed by atoms with van der Waals surface area (Å²) in [6.07, 6.45) is 0. The van der Waals surface area contributed by atoms with Crippen molar-refractivity contribution in [2.24, 2.45) is 0 Å². The normalized spacial score (nSPS) is 11.2. The van der Waals surface area contributed by atoms with Gasteiger partial charge in [-0.3, -0.25) is 0 Å². The van der Waals surface area contributed by atoms with E-state index in [0.29, 0.717) is 0 Å². The maximum Gasteiger partial charge on any atom is 0.181 e. The van der Waals surface area contributed by atoms with E-state index in [9.17, 15) is 4.39 Å². The molecule has 3 rings (SSSR count). The summed E-state index contributed by atoms with van der Waals surface area (Å²) in [5.41, 5.74) is 3.37. The number of aryl methyl sites for hydroxylation is 2. The Kier molecular flexibility index (Phi) is 2.01. The smallest absolute Gasteiger partial charge is 0.181 e. The van der Waals surface area contributed by atoms with Crippen molar-refractivity contribution in [2.45, 2.75) is 13.8 Å². The Labute approximate surface area is 97.1 Å². The quantitative estimate of drug-likeness (QED) is 0.698. The van der Waals surface area contributed by atoms with Crippen LogP contribution in [0.2, 0.25) is 0 Å². The second-order valence-corrected chi connectivity index (χ2v) is 3.99. The van der Waals surface area contributed by atoms with Gasteiger partial charge >= 0.3 is 0 Å². The maximum absolute atomic E-state index is 12.9. The first-order valence-electron chi connectivity index (χ1n) is 5.33. The number of hydrogen-bond donors (Lipinski definition) is 1. The number of nitrogens with zero attached hydrogens (tertiary/aromatic N) is 3. The Hall–Kier alpha value is -2.17. The predicted octanol–water partition coefficient (Wildman–Crippen LogP) is 2.50. The van der Waals surface area contributed by atoms with Gasteiger partial charge in [-0.15, -0.1) is 0 Å². The van der Waals surface area contributed by atoms with Crippen LogP contribution in [-0.2, 0) is 0 Å². The highest BCUT2D eigenvalue weighted by atomic mass is 19.1. The fourth-order valence-electron chi connectivity index (χ4n) is 1.89. The number of hydrogen-bond acceptors (Lipinski definition) is 2. The minimum absolute atomic E-state index is 0.257. The average Bonchev–Trinajstić information content (AvgIpc) is 2.80. The van der Waals surface area contributed by atoms with Crippen LogP contribution in [0.25, 0.3) is 16.9 Å². The van der Waals surface area contributed by atoms with Gasteiger partial charge in [0.05, 0.1) is 11.4 Å². The molecule has 0 bridgehead atoms. The molecule has 0 amide bonds. The van der Waals surface area contributed by atoms with Gasteiger partial charge in [-0.2, -0.15) is 5.10 Å². The van der Waals surface area contributed by atoms with Crippen LogP contribution in [-0.4, -0.2) is 19.7 Å². The van der Waals surface area contributed by atoms with Crippen LogP contribution in [0, 0.1) is 19.7 Å². The van der Waals surface area contributed by atoms with E-state index < -0.39 is 0 Å². The van der Waals surface area contributed by atoms with Crippen molar-refractivity contribution in [3.63, 3.8) is 0 Å². The Bertz CT molecular complexity index is 678. The van der Waals surface area contributed by atoms with Crippen LogP contribution in [0.4, 0.5) is 4.39 Å². The Morgan fingerprint density at radius 3 is 2.59 bits per heavy atom. The van der Waals surface area contributed by atoms with Crippen molar-refractivity contribution >= 4 is 11.2 Å². The second-order valence-electron chi connectivity index (χ2n) is 3.99.